The quantitative estimate of drug-likeness (QED) is 0.866. The fourth-order valence-corrected chi connectivity index (χ4v) is 2.96. The monoisotopic (exact) mass is 249 g/mol. The topological polar surface area (TPSA) is 39.6 Å². The standard InChI is InChI=1S/C14H23N3O/c1-14(2)11-16(3)9-13(10-18)17(14)8-12-5-4-6-15-7-12/h4-7,13,18H,8-11H2,1-3H3. The fraction of sp³-hybridized carbons (Fsp3) is 0.643. The number of rotatable bonds is 3. The number of hydrogen-bond acceptors (Lipinski definition) is 4. The molecular weight excluding hydrogens is 226 g/mol. The van der Waals surface area contributed by atoms with E-state index in [9.17, 15) is 5.11 Å². The van der Waals surface area contributed by atoms with Crippen molar-refractivity contribution in [1.29, 1.82) is 0 Å². The van der Waals surface area contributed by atoms with Crippen molar-refractivity contribution in [3.63, 3.8) is 0 Å². The van der Waals surface area contributed by atoms with Crippen molar-refractivity contribution in [1.82, 2.24) is 14.8 Å². The predicted octanol–water partition coefficient (Wildman–Crippen LogP) is 0.968. The maximum Gasteiger partial charge on any atom is 0.0599 e. The van der Waals surface area contributed by atoms with Crippen LogP contribution in [-0.2, 0) is 6.54 Å². The van der Waals surface area contributed by atoms with E-state index in [0.717, 1.165) is 19.6 Å². The van der Waals surface area contributed by atoms with Gasteiger partial charge in [0.05, 0.1) is 6.61 Å². The van der Waals surface area contributed by atoms with Crippen molar-refractivity contribution in [2.24, 2.45) is 0 Å². The third kappa shape index (κ3) is 2.88. The van der Waals surface area contributed by atoms with Crippen molar-refractivity contribution in [3.8, 4) is 0 Å². The van der Waals surface area contributed by atoms with E-state index >= 15 is 0 Å². The van der Waals surface area contributed by atoms with E-state index in [1.165, 1.54) is 5.56 Å². The molecule has 18 heavy (non-hydrogen) atoms. The number of nitrogens with zero attached hydrogens (tertiary/aromatic N) is 3. The molecule has 2 rings (SSSR count). The molecule has 1 saturated heterocycles. The lowest BCUT2D eigenvalue weighted by molar-refractivity contribution is -0.0418. The van der Waals surface area contributed by atoms with Gasteiger partial charge in [0.25, 0.3) is 0 Å². The molecule has 0 aromatic carbocycles. The van der Waals surface area contributed by atoms with Crippen LogP contribution < -0.4 is 0 Å². The number of aliphatic hydroxyl groups is 1. The van der Waals surface area contributed by atoms with Gasteiger partial charge in [0.15, 0.2) is 0 Å². The third-order valence-electron chi connectivity index (χ3n) is 3.68. The number of likely N-dealkylation sites (N-methyl/N-ethyl adjacent to an activating group) is 1. The van der Waals surface area contributed by atoms with Crippen LogP contribution in [0.25, 0.3) is 0 Å². The minimum absolute atomic E-state index is 0.0657. The number of piperazine rings is 1. The van der Waals surface area contributed by atoms with Gasteiger partial charge >= 0.3 is 0 Å². The highest BCUT2D eigenvalue weighted by Gasteiger charge is 2.38. The Balaban J connectivity index is 2.17. The summed E-state index contributed by atoms with van der Waals surface area (Å²) in [5.74, 6) is 0. The minimum atomic E-state index is 0.0657. The lowest BCUT2D eigenvalue weighted by Crippen LogP contribution is -2.63. The molecular formula is C14H23N3O. The second-order valence-electron chi connectivity index (χ2n) is 5.83. The summed E-state index contributed by atoms with van der Waals surface area (Å²) in [6.07, 6.45) is 3.70. The van der Waals surface area contributed by atoms with Gasteiger partial charge in [-0.15, -0.1) is 0 Å². The van der Waals surface area contributed by atoms with Crippen LogP contribution in [0.4, 0.5) is 0 Å². The van der Waals surface area contributed by atoms with Gasteiger partial charge in [-0.2, -0.15) is 0 Å². The number of pyridine rings is 1. The highest BCUT2D eigenvalue weighted by atomic mass is 16.3. The molecule has 1 unspecified atom stereocenters. The Morgan fingerprint density at radius 3 is 2.89 bits per heavy atom. The van der Waals surface area contributed by atoms with E-state index in [1.54, 1.807) is 6.20 Å². The first kappa shape index (κ1) is 13.5. The molecule has 1 aliphatic heterocycles. The Morgan fingerprint density at radius 2 is 2.28 bits per heavy atom. The molecule has 4 heteroatoms. The van der Waals surface area contributed by atoms with Crippen molar-refractivity contribution in [2.45, 2.75) is 32.0 Å². The molecule has 1 atom stereocenters. The van der Waals surface area contributed by atoms with Crippen LogP contribution >= 0.6 is 0 Å². The Kier molecular flexibility index (Phi) is 4.00. The summed E-state index contributed by atoms with van der Waals surface area (Å²) in [4.78, 5) is 8.85. The summed E-state index contributed by atoms with van der Waals surface area (Å²) < 4.78 is 0. The summed E-state index contributed by atoms with van der Waals surface area (Å²) in [5.41, 5.74) is 1.27. The van der Waals surface area contributed by atoms with Gasteiger partial charge in [-0.3, -0.25) is 9.88 Å². The molecule has 0 radical (unpaired) electrons. The van der Waals surface area contributed by atoms with Crippen LogP contribution in [0.15, 0.2) is 24.5 Å². The molecule has 100 valence electrons. The molecule has 0 bridgehead atoms. The Morgan fingerprint density at radius 1 is 1.50 bits per heavy atom. The molecule has 1 aliphatic rings. The maximum atomic E-state index is 9.61. The minimum Gasteiger partial charge on any atom is -0.395 e. The van der Waals surface area contributed by atoms with Gasteiger partial charge in [0.1, 0.15) is 0 Å². The highest BCUT2D eigenvalue weighted by molar-refractivity contribution is 5.10. The zero-order chi connectivity index (χ0) is 13.2. The summed E-state index contributed by atoms with van der Waals surface area (Å²) in [6.45, 7) is 7.46. The van der Waals surface area contributed by atoms with Gasteiger partial charge < -0.3 is 10.0 Å². The molecule has 0 spiro atoms. The third-order valence-corrected chi connectivity index (χ3v) is 3.68. The van der Waals surface area contributed by atoms with Crippen molar-refractivity contribution < 1.29 is 5.11 Å². The average Bonchev–Trinajstić information content (AvgIpc) is 2.33. The predicted molar refractivity (Wildman–Crippen MR) is 72.2 cm³/mol. The second-order valence-corrected chi connectivity index (χ2v) is 5.83. The van der Waals surface area contributed by atoms with Gasteiger partial charge in [0.2, 0.25) is 0 Å². The van der Waals surface area contributed by atoms with Crippen molar-refractivity contribution >= 4 is 0 Å². The molecule has 1 aromatic rings. The van der Waals surface area contributed by atoms with Crippen LogP contribution in [0, 0.1) is 0 Å². The van der Waals surface area contributed by atoms with E-state index in [4.69, 9.17) is 0 Å². The Labute approximate surface area is 109 Å². The highest BCUT2D eigenvalue weighted by Crippen LogP contribution is 2.26. The van der Waals surface area contributed by atoms with E-state index in [1.807, 2.05) is 12.3 Å². The van der Waals surface area contributed by atoms with Gasteiger partial charge in [-0.1, -0.05) is 6.07 Å². The summed E-state index contributed by atoms with van der Waals surface area (Å²) in [7, 11) is 2.12. The Bertz CT molecular complexity index is 380. The smallest absolute Gasteiger partial charge is 0.0599 e. The first-order valence-electron chi connectivity index (χ1n) is 6.48. The summed E-state index contributed by atoms with van der Waals surface area (Å²) >= 11 is 0. The lowest BCUT2D eigenvalue weighted by Gasteiger charge is -2.50. The first-order valence-corrected chi connectivity index (χ1v) is 6.48. The van der Waals surface area contributed by atoms with E-state index in [0.29, 0.717) is 0 Å². The van der Waals surface area contributed by atoms with E-state index < -0.39 is 0 Å². The number of aliphatic hydroxyl groups excluding tert-OH is 1. The van der Waals surface area contributed by atoms with Gasteiger partial charge in [0, 0.05) is 43.6 Å². The molecule has 1 aromatic heterocycles. The largest absolute Gasteiger partial charge is 0.395 e. The average molecular weight is 249 g/mol. The molecule has 4 nitrogen and oxygen atoms in total. The van der Waals surface area contributed by atoms with Crippen LogP contribution in [0.3, 0.4) is 0 Å². The summed E-state index contributed by atoms with van der Waals surface area (Å²) in [6, 6.07) is 4.25. The van der Waals surface area contributed by atoms with Crippen molar-refractivity contribution in [2.75, 3.05) is 26.7 Å². The fourth-order valence-electron chi connectivity index (χ4n) is 2.96. The molecule has 0 aliphatic carbocycles. The second kappa shape index (κ2) is 5.34. The van der Waals surface area contributed by atoms with Crippen LogP contribution in [-0.4, -0.2) is 58.2 Å². The first-order chi connectivity index (χ1) is 8.53. The van der Waals surface area contributed by atoms with E-state index in [-0.39, 0.29) is 18.2 Å². The molecule has 2 heterocycles. The Hall–Kier alpha value is -0.970. The molecule has 0 saturated carbocycles. The SMILES string of the molecule is CN1CC(CO)N(Cc2cccnc2)C(C)(C)C1. The van der Waals surface area contributed by atoms with Crippen LogP contribution in [0.5, 0.6) is 0 Å². The summed E-state index contributed by atoms with van der Waals surface area (Å²) in [5, 5.41) is 9.61. The lowest BCUT2D eigenvalue weighted by atomic mass is 9.94. The van der Waals surface area contributed by atoms with Crippen LogP contribution in [0.1, 0.15) is 19.4 Å². The zero-order valence-electron chi connectivity index (χ0n) is 11.5. The van der Waals surface area contributed by atoms with E-state index in [2.05, 4.69) is 41.7 Å². The van der Waals surface area contributed by atoms with Crippen molar-refractivity contribution in [3.05, 3.63) is 30.1 Å². The maximum absolute atomic E-state index is 9.61. The molecule has 0 amide bonds. The normalized spacial score (nSPS) is 25.2. The zero-order valence-corrected chi connectivity index (χ0v) is 11.5. The molecule has 1 N–H and O–H groups in total. The van der Waals surface area contributed by atoms with Crippen LogP contribution in [0.2, 0.25) is 0 Å². The van der Waals surface area contributed by atoms with Gasteiger partial charge in [-0.05, 0) is 32.5 Å². The number of aromatic nitrogens is 1. The van der Waals surface area contributed by atoms with Gasteiger partial charge in [-0.25, -0.2) is 0 Å². The number of hydrogen-bond donors (Lipinski definition) is 1. The molecule has 1 fully saturated rings.